The van der Waals surface area contributed by atoms with E-state index in [4.69, 9.17) is 11.6 Å². The van der Waals surface area contributed by atoms with Gasteiger partial charge in [0.1, 0.15) is 0 Å². The Hall–Kier alpha value is -1.22. The van der Waals surface area contributed by atoms with Gasteiger partial charge in [0.15, 0.2) is 5.75 Å². The molecule has 1 amide bonds. The number of carbonyl (C=O) groups is 1. The lowest BCUT2D eigenvalue weighted by atomic mass is 10.0. The largest absolute Gasteiger partial charge is 0.504 e. The summed E-state index contributed by atoms with van der Waals surface area (Å²) < 4.78 is 0. The van der Waals surface area contributed by atoms with E-state index in [1.165, 1.54) is 70.6 Å². The number of aryl methyl sites for hydroxylation is 1. The Morgan fingerprint density at radius 2 is 1.36 bits per heavy atom. The van der Waals surface area contributed by atoms with Gasteiger partial charge in [-0.2, -0.15) is 0 Å². The molecule has 0 radical (unpaired) electrons. The van der Waals surface area contributed by atoms with Crippen LogP contribution in [0.1, 0.15) is 108 Å². The van der Waals surface area contributed by atoms with E-state index in [9.17, 15) is 9.90 Å². The summed E-state index contributed by atoms with van der Waals surface area (Å²) in [6.07, 6.45) is 17.3. The molecule has 1 aromatic rings. The van der Waals surface area contributed by atoms with Gasteiger partial charge in [-0.1, -0.05) is 95.6 Å². The summed E-state index contributed by atoms with van der Waals surface area (Å²) in [7, 11) is 0. The van der Waals surface area contributed by atoms with Gasteiger partial charge in [-0.3, -0.25) is 4.79 Å². The van der Waals surface area contributed by atoms with Crippen LogP contribution >= 0.6 is 11.6 Å². The van der Waals surface area contributed by atoms with E-state index < -0.39 is 0 Å². The lowest BCUT2D eigenvalue weighted by Gasteiger charge is -2.12. The summed E-state index contributed by atoms with van der Waals surface area (Å²) in [5.41, 5.74) is 2.21. The van der Waals surface area contributed by atoms with E-state index in [1.54, 1.807) is 6.07 Å². The molecule has 0 aliphatic heterocycles. The molecule has 0 saturated carbocycles. The number of hydrogen-bond donors (Lipinski definition) is 2. The fraction of sp³-hybridized carbons (Fsp3) is 0.708. The number of aromatic hydroxyl groups is 1. The van der Waals surface area contributed by atoms with Gasteiger partial charge in [-0.15, -0.1) is 0 Å². The maximum atomic E-state index is 12.1. The standard InChI is InChI=1S/C24H40ClNO2/c1-4-5-6-7-8-9-10-11-12-13-14-15-16-17-22(27)26-21-18-19(2)20(3)23(25)24(21)28/h18,28H,4-17H2,1-3H3,(H,26,27). The number of phenolic OH excluding ortho intramolecular Hbond substituents is 1. The number of amides is 1. The SMILES string of the molecule is CCCCCCCCCCCCCCCC(=O)Nc1cc(C)c(C)c(Cl)c1O. The molecule has 0 saturated heterocycles. The number of unbranched alkanes of at least 4 members (excludes halogenated alkanes) is 12. The highest BCUT2D eigenvalue weighted by molar-refractivity contribution is 6.33. The van der Waals surface area contributed by atoms with Gasteiger partial charge in [0, 0.05) is 6.42 Å². The van der Waals surface area contributed by atoms with E-state index in [-0.39, 0.29) is 11.7 Å². The molecule has 0 unspecified atom stereocenters. The number of benzene rings is 1. The molecule has 0 bridgehead atoms. The van der Waals surface area contributed by atoms with Gasteiger partial charge >= 0.3 is 0 Å². The number of phenols is 1. The molecule has 28 heavy (non-hydrogen) atoms. The van der Waals surface area contributed by atoms with Gasteiger partial charge in [0.25, 0.3) is 0 Å². The normalized spacial score (nSPS) is 11.0. The molecule has 0 heterocycles. The summed E-state index contributed by atoms with van der Waals surface area (Å²) in [5, 5.41) is 13.2. The van der Waals surface area contributed by atoms with Crippen molar-refractivity contribution in [3.8, 4) is 5.75 Å². The van der Waals surface area contributed by atoms with Crippen LogP contribution in [0.3, 0.4) is 0 Å². The zero-order valence-corrected chi connectivity index (χ0v) is 19.0. The highest BCUT2D eigenvalue weighted by Crippen LogP contribution is 2.36. The van der Waals surface area contributed by atoms with Crippen molar-refractivity contribution in [1.29, 1.82) is 0 Å². The molecule has 2 N–H and O–H groups in total. The third kappa shape index (κ3) is 9.82. The van der Waals surface area contributed by atoms with Crippen molar-refractivity contribution in [2.45, 2.75) is 111 Å². The minimum Gasteiger partial charge on any atom is -0.504 e. The second-order valence-corrected chi connectivity index (χ2v) is 8.45. The van der Waals surface area contributed by atoms with Crippen LogP contribution in [0.2, 0.25) is 5.02 Å². The Morgan fingerprint density at radius 1 is 0.893 bits per heavy atom. The average molecular weight is 410 g/mol. The molecule has 0 fully saturated rings. The Morgan fingerprint density at radius 3 is 1.86 bits per heavy atom. The van der Waals surface area contributed by atoms with Crippen molar-refractivity contribution in [3.63, 3.8) is 0 Å². The molecule has 160 valence electrons. The summed E-state index contributed by atoms with van der Waals surface area (Å²) in [6.45, 7) is 6.04. The number of anilines is 1. The molecular weight excluding hydrogens is 370 g/mol. The maximum absolute atomic E-state index is 12.1. The first-order valence-corrected chi connectivity index (χ1v) is 11.6. The molecular formula is C24H40ClNO2. The van der Waals surface area contributed by atoms with E-state index in [0.29, 0.717) is 17.1 Å². The van der Waals surface area contributed by atoms with Crippen LogP contribution in [0.5, 0.6) is 5.75 Å². The molecule has 1 aromatic carbocycles. The van der Waals surface area contributed by atoms with Gasteiger partial charge < -0.3 is 10.4 Å². The molecule has 4 heteroatoms. The van der Waals surface area contributed by atoms with Crippen LogP contribution in [0.25, 0.3) is 0 Å². The van der Waals surface area contributed by atoms with Crippen molar-refractivity contribution in [2.24, 2.45) is 0 Å². The quantitative estimate of drug-likeness (QED) is 0.227. The van der Waals surface area contributed by atoms with Crippen LogP contribution in [0.4, 0.5) is 5.69 Å². The smallest absolute Gasteiger partial charge is 0.224 e. The van der Waals surface area contributed by atoms with Crippen molar-refractivity contribution in [3.05, 3.63) is 22.2 Å². The second kappa shape index (κ2) is 14.7. The first kappa shape index (κ1) is 24.8. The third-order valence-corrected chi connectivity index (χ3v) is 5.99. The molecule has 1 rings (SSSR count). The van der Waals surface area contributed by atoms with Gasteiger partial charge in [-0.25, -0.2) is 0 Å². The lowest BCUT2D eigenvalue weighted by molar-refractivity contribution is -0.116. The van der Waals surface area contributed by atoms with Crippen LogP contribution in [0.15, 0.2) is 6.07 Å². The van der Waals surface area contributed by atoms with E-state index in [1.807, 2.05) is 13.8 Å². The predicted octanol–water partition coefficient (Wildman–Crippen LogP) is 8.08. The minimum absolute atomic E-state index is 0.0384. The van der Waals surface area contributed by atoms with Crippen molar-refractivity contribution in [2.75, 3.05) is 5.32 Å². The van der Waals surface area contributed by atoms with Crippen LogP contribution in [-0.2, 0) is 4.79 Å². The number of rotatable bonds is 15. The van der Waals surface area contributed by atoms with Crippen molar-refractivity contribution in [1.82, 2.24) is 0 Å². The minimum atomic E-state index is -0.0577. The topological polar surface area (TPSA) is 49.3 Å². The molecule has 0 atom stereocenters. The zero-order valence-electron chi connectivity index (χ0n) is 18.2. The molecule has 0 aromatic heterocycles. The number of halogens is 1. The lowest BCUT2D eigenvalue weighted by Crippen LogP contribution is -2.11. The monoisotopic (exact) mass is 409 g/mol. The van der Waals surface area contributed by atoms with Crippen molar-refractivity contribution >= 4 is 23.2 Å². The predicted molar refractivity (Wildman–Crippen MR) is 122 cm³/mol. The Bertz CT molecular complexity index is 586. The Kier molecular flexibility index (Phi) is 13.1. The summed E-state index contributed by atoms with van der Waals surface area (Å²) in [6, 6.07) is 1.78. The molecule has 0 aliphatic rings. The average Bonchev–Trinajstić information content (AvgIpc) is 2.68. The van der Waals surface area contributed by atoms with Crippen molar-refractivity contribution < 1.29 is 9.90 Å². The number of nitrogens with one attached hydrogen (secondary N) is 1. The highest BCUT2D eigenvalue weighted by atomic mass is 35.5. The van der Waals surface area contributed by atoms with Crippen LogP contribution in [-0.4, -0.2) is 11.0 Å². The third-order valence-electron chi connectivity index (χ3n) is 5.53. The van der Waals surface area contributed by atoms with E-state index in [2.05, 4.69) is 12.2 Å². The van der Waals surface area contributed by atoms with Gasteiger partial charge in [0.05, 0.1) is 10.7 Å². The molecule has 0 aliphatic carbocycles. The van der Waals surface area contributed by atoms with Gasteiger partial charge in [0.2, 0.25) is 5.91 Å². The van der Waals surface area contributed by atoms with E-state index in [0.717, 1.165) is 24.0 Å². The van der Waals surface area contributed by atoms with Crippen LogP contribution in [0, 0.1) is 13.8 Å². The fourth-order valence-corrected chi connectivity index (χ4v) is 3.72. The molecule has 3 nitrogen and oxygen atoms in total. The Labute approximate surface area is 177 Å². The number of carbonyl (C=O) groups excluding carboxylic acids is 1. The van der Waals surface area contributed by atoms with Gasteiger partial charge in [-0.05, 0) is 37.5 Å². The van der Waals surface area contributed by atoms with Crippen LogP contribution < -0.4 is 5.32 Å². The summed E-state index contributed by atoms with van der Waals surface area (Å²) >= 11 is 6.11. The second-order valence-electron chi connectivity index (χ2n) is 8.07. The molecule has 0 spiro atoms. The summed E-state index contributed by atoms with van der Waals surface area (Å²) in [4.78, 5) is 12.1. The Balaban J connectivity index is 2.04. The number of hydrogen-bond acceptors (Lipinski definition) is 2. The maximum Gasteiger partial charge on any atom is 0.224 e. The van der Waals surface area contributed by atoms with E-state index >= 15 is 0 Å². The summed E-state index contributed by atoms with van der Waals surface area (Å²) in [5.74, 6) is -0.0961. The highest BCUT2D eigenvalue weighted by Gasteiger charge is 2.13. The first-order valence-electron chi connectivity index (χ1n) is 11.3. The first-order chi connectivity index (χ1) is 13.5. The zero-order chi connectivity index (χ0) is 20.8. The fourth-order valence-electron chi connectivity index (χ4n) is 3.47.